The van der Waals surface area contributed by atoms with Crippen LogP contribution in [0.2, 0.25) is 0 Å². The maximum atomic E-state index is 6.12. The van der Waals surface area contributed by atoms with Gasteiger partial charge in [0.25, 0.3) is 0 Å². The van der Waals surface area contributed by atoms with Crippen LogP contribution in [-0.4, -0.2) is 42.3 Å². The summed E-state index contributed by atoms with van der Waals surface area (Å²) in [6.07, 6.45) is 10.3. The van der Waals surface area contributed by atoms with Gasteiger partial charge in [-0.15, -0.1) is 0 Å². The average Bonchev–Trinajstić information content (AvgIpc) is 2.77. The molecule has 0 radical (unpaired) electrons. The highest BCUT2D eigenvalue weighted by Gasteiger charge is 2.41. The van der Waals surface area contributed by atoms with Gasteiger partial charge in [0, 0.05) is 25.2 Å². The van der Waals surface area contributed by atoms with Crippen LogP contribution in [0.1, 0.15) is 51.4 Å². The Morgan fingerprint density at radius 2 is 1.94 bits per heavy atom. The third-order valence-corrected chi connectivity index (χ3v) is 4.99. The Bertz CT molecular complexity index is 263. The summed E-state index contributed by atoms with van der Waals surface area (Å²) in [6.45, 7) is 3.34. The van der Waals surface area contributed by atoms with Gasteiger partial charge in [-0.1, -0.05) is 12.8 Å². The number of rotatable bonds is 1. The Labute approximate surface area is 105 Å². The molecule has 3 heteroatoms. The molecule has 1 spiro atoms. The molecule has 3 aliphatic rings. The molecule has 3 nitrogen and oxygen atoms in total. The zero-order valence-corrected chi connectivity index (χ0v) is 10.9. The molecule has 98 valence electrons. The minimum atomic E-state index is 0.254. The largest absolute Gasteiger partial charge is 0.375 e. The van der Waals surface area contributed by atoms with Crippen molar-refractivity contribution in [3.63, 3.8) is 0 Å². The summed E-state index contributed by atoms with van der Waals surface area (Å²) in [5.74, 6) is 0. The maximum Gasteiger partial charge on any atom is 0.0697 e. The smallest absolute Gasteiger partial charge is 0.0697 e. The molecule has 2 saturated heterocycles. The summed E-state index contributed by atoms with van der Waals surface area (Å²) in [7, 11) is 0. The molecule has 1 aliphatic carbocycles. The van der Waals surface area contributed by atoms with E-state index in [4.69, 9.17) is 10.5 Å². The van der Waals surface area contributed by atoms with Gasteiger partial charge in [-0.05, 0) is 45.1 Å². The minimum Gasteiger partial charge on any atom is -0.375 e. The molecule has 0 amide bonds. The summed E-state index contributed by atoms with van der Waals surface area (Å²) in [6, 6.07) is 1.15. The molecule has 3 rings (SSSR count). The molecule has 2 atom stereocenters. The topological polar surface area (TPSA) is 38.5 Å². The van der Waals surface area contributed by atoms with Gasteiger partial charge in [-0.2, -0.15) is 0 Å². The molecule has 0 aromatic carbocycles. The van der Waals surface area contributed by atoms with E-state index in [-0.39, 0.29) is 5.60 Å². The summed E-state index contributed by atoms with van der Waals surface area (Å²) >= 11 is 0. The van der Waals surface area contributed by atoms with E-state index in [0.717, 1.165) is 19.2 Å². The molecule has 1 saturated carbocycles. The van der Waals surface area contributed by atoms with Crippen molar-refractivity contribution in [2.75, 3.05) is 19.7 Å². The molecule has 2 heterocycles. The lowest BCUT2D eigenvalue weighted by atomic mass is 9.87. The summed E-state index contributed by atoms with van der Waals surface area (Å²) in [5.41, 5.74) is 6.36. The third-order valence-electron chi connectivity index (χ3n) is 4.99. The van der Waals surface area contributed by atoms with Gasteiger partial charge in [0.15, 0.2) is 0 Å². The molecular weight excluding hydrogens is 212 g/mol. The van der Waals surface area contributed by atoms with E-state index in [9.17, 15) is 0 Å². The van der Waals surface area contributed by atoms with Crippen LogP contribution in [0.4, 0.5) is 0 Å². The fraction of sp³-hybridized carbons (Fsp3) is 1.00. The number of likely N-dealkylation sites (tertiary alicyclic amines) is 1. The van der Waals surface area contributed by atoms with Crippen molar-refractivity contribution in [3.05, 3.63) is 0 Å². The number of ether oxygens (including phenoxy) is 1. The van der Waals surface area contributed by atoms with Gasteiger partial charge in [0.1, 0.15) is 0 Å². The van der Waals surface area contributed by atoms with E-state index >= 15 is 0 Å². The van der Waals surface area contributed by atoms with E-state index in [0.29, 0.717) is 6.04 Å². The predicted molar refractivity (Wildman–Crippen MR) is 69.0 cm³/mol. The standard InChI is InChI=1S/C14H26N2O/c15-12-4-3-8-16(11-12)13-5-9-17-14(10-13)6-1-2-7-14/h12-13H,1-11,15H2/t12-,13?/m1/s1. The Balaban J connectivity index is 1.62. The van der Waals surface area contributed by atoms with E-state index in [2.05, 4.69) is 4.90 Å². The minimum absolute atomic E-state index is 0.254. The number of nitrogens with zero attached hydrogens (tertiary/aromatic N) is 1. The first-order chi connectivity index (χ1) is 8.27. The van der Waals surface area contributed by atoms with Crippen molar-refractivity contribution in [1.82, 2.24) is 4.90 Å². The van der Waals surface area contributed by atoms with Crippen molar-refractivity contribution in [2.24, 2.45) is 5.73 Å². The van der Waals surface area contributed by atoms with E-state index < -0.39 is 0 Å². The number of piperidine rings is 1. The normalized spacial score (nSPS) is 38.6. The van der Waals surface area contributed by atoms with Crippen LogP contribution >= 0.6 is 0 Å². The van der Waals surface area contributed by atoms with Crippen LogP contribution < -0.4 is 5.73 Å². The SMILES string of the molecule is N[C@@H]1CCCN(C2CCOC3(CCCC3)C2)C1. The highest BCUT2D eigenvalue weighted by molar-refractivity contribution is 4.95. The fourth-order valence-corrected chi connectivity index (χ4v) is 4.05. The van der Waals surface area contributed by atoms with Crippen molar-refractivity contribution in [1.29, 1.82) is 0 Å². The average molecular weight is 238 g/mol. The Kier molecular flexibility index (Phi) is 3.42. The third kappa shape index (κ3) is 2.51. The van der Waals surface area contributed by atoms with Crippen LogP contribution in [0.25, 0.3) is 0 Å². The summed E-state index contributed by atoms with van der Waals surface area (Å²) in [4.78, 5) is 2.65. The first-order valence-electron chi connectivity index (χ1n) is 7.41. The van der Waals surface area contributed by atoms with Crippen molar-refractivity contribution < 1.29 is 4.74 Å². The van der Waals surface area contributed by atoms with Gasteiger partial charge in [0.05, 0.1) is 5.60 Å². The molecule has 1 unspecified atom stereocenters. The predicted octanol–water partition coefficient (Wildman–Crippen LogP) is 1.90. The van der Waals surface area contributed by atoms with E-state index in [1.807, 2.05) is 0 Å². The quantitative estimate of drug-likeness (QED) is 0.758. The number of nitrogens with two attached hydrogens (primary N) is 1. The second-order valence-electron chi connectivity index (χ2n) is 6.28. The van der Waals surface area contributed by atoms with Crippen LogP contribution in [0.5, 0.6) is 0 Å². The molecule has 2 aliphatic heterocycles. The Morgan fingerprint density at radius 3 is 2.71 bits per heavy atom. The van der Waals surface area contributed by atoms with Gasteiger partial charge in [0.2, 0.25) is 0 Å². The van der Waals surface area contributed by atoms with Gasteiger partial charge >= 0.3 is 0 Å². The van der Waals surface area contributed by atoms with Crippen molar-refractivity contribution >= 4 is 0 Å². The highest BCUT2D eigenvalue weighted by atomic mass is 16.5. The van der Waals surface area contributed by atoms with Crippen LogP contribution in [-0.2, 0) is 4.74 Å². The molecule has 0 aromatic rings. The highest BCUT2D eigenvalue weighted by Crippen LogP contribution is 2.41. The summed E-state index contributed by atoms with van der Waals surface area (Å²) in [5, 5.41) is 0. The lowest BCUT2D eigenvalue weighted by Gasteiger charge is -2.45. The lowest BCUT2D eigenvalue weighted by molar-refractivity contribution is -0.104. The van der Waals surface area contributed by atoms with Gasteiger partial charge < -0.3 is 10.5 Å². The van der Waals surface area contributed by atoms with E-state index in [1.54, 1.807) is 0 Å². The molecule has 2 N–H and O–H groups in total. The van der Waals surface area contributed by atoms with Gasteiger partial charge in [-0.3, -0.25) is 4.90 Å². The molecular formula is C14H26N2O. The zero-order valence-electron chi connectivity index (χ0n) is 10.9. The maximum absolute atomic E-state index is 6.12. The monoisotopic (exact) mass is 238 g/mol. The number of hydrogen-bond donors (Lipinski definition) is 1. The van der Waals surface area contributed by atoms with Crippen molar-refractivity contribution in [3.8, 4) is 0 Å². The van der Waals surface area contributed by atoms with Crippen LogP contribution in [0.3, 0.4) is 0 Å². The second-order valence-corrected chi connectivity index (χ2v) is 6.28. The van der Waals surface area contributed by atoms with Gasteiger partial charge in [-0.25, -0.2) is 0 Å². The zero-order chi connectivity index (χ0) is 11.7. The molecule has 0 aromatic heterocycles. The fourth-order valence-electron chi connectivity index (χ4n) is 4.05. The molecule has 17 heavy (non-hydrogen) atoms. The second kappa shape index (κ2) is 4.87. The molecule has 0 bridgehead atoms. The van der Waals surface area contributed by atoms with Crippen LogP contribution in [0.15, 0.2) is 0 Å². The molecule has 3 fully saturated rings. The Hall–Kier alpha value is -0.120. The summed E-state index contributed by atoms with van der Waals surface area (Å²) < 4.78 is 6.12. The van der Waals surface area contributed by atoms with Crippen molar-refractivity contribution in [2.45, 2.75) is 69.1 Å². The first kappa shape index (κ1) is 11.9. The number of hydrogen-bond acceptors (Lipinski definition) is 3. The van der Waals surface area contributed by atoms with Crippen LogP contribution in [0, 0.1) is 0 Å². The van der Waals surface area contributed by atoms with E-state index in [1.165, 1.54) is 57.9 Å². The lowest BCUT2D eigenvalue weighted by Crippen LogP contribution is -2.52. The Morgan fingerprint density at radius 1 is 1.12 bits per heavy atom. The first-order valence-corrected chi connectivity index (χ1v) is 7.41.